The molecule has 0 amide bonds. The van der Waals surface area contributed by atoms with Crippen LogP contribution in [0, 0.1) is 11.3 Å². The predicted molar refractivity (Wildman–Crippen MR) is 156 cm³/mol. The Bertz CT molecular complexity index is 1560. The smallest absolute Gasteiger partial charge is 0.433 e. The van der Waals surface area contributed by atoms with E-state index in [1.54, 1.807) is 13.1 Å². The summed E-state index contributed by atoms with van der Waals surface area (Å²) in [5.41, 5.74) is 1.82. The fraction of sp³-hybridized carbons (Fsp3) is 0.500. The van der Waals surface area contributed by atoms with E-state index in [0.29, 0.717) is 44.5 Å². The van der Waals surface area contributed by atoms with Crippen molar-refractivity contribution in [1.29, 1.82) is 5.26 Å². The Morgan fingerprint density at radius 3 is 2.82 bits per heavy atom. The van der Waals surface area contributed by atoms with Gasteiger partial charge < -0.3 is 20.1 Å². The zero-order valence-corrected chi connectivity index (χ0v) is 24.5. The Morgan fingerprint density at radius 1 is 1.25 bits per heavy atom. The second-order valence-corrected chi connectivity index (χ2v) is 11.1. The predicted octanol–water partition coefficient (Wildman–Crippen LogP) is 4.31. The summed E-state index contributed by atoms with van der Waals surface area (Å²) in [5.74, 6) is -0.0528. The van der Waals surface area contributed by atoms with Crippen molar-refractivity contribution in [2.45, 2.75) is 76.5 Å². The number of hydrogen-bond acceptors (Lipinski definition) is 9. The quantitative estimate of drug-likeness (QED) is 0.189. The number of aromatic amines is 1. The fourth-order valence-corrected chi connectivity index (χ4v) is 5.53. The molecule has 0 aliphatic carbocycles. The molecule has 1 fully saturated rings. The average molecular weight is 612 g/mol. The van der Waals surface area contributed by atoms with Crippen molar-refractivity contribution >= 4 is 11.0 Å². The minimum Gasteiger partial charge on any atom is -0.474 e. The molecule has 44 heavy (non-hydrogen) atoms. The van der Waals surface area contributed by atoms with Gasteiger partial charge in [-0.25, -0.2) is 15.0 Å². The van der Waals surface area contributed by atoms with Gasteiger partial charge in [0, 0.05) is 68.1 Å². The molecule has 0 radical (unpaired) electrons. The van der Waals surface area contributed by atoms with Crippen molar-refractivity contribution in [2.24, 2.45) is 0 Å². The van der Waals surface area contributed by atoms with E-state index in [1.165, 1.54) is 12.4 Å². The van der Waals surface area contributed by atoms with E-state index >= 15 is 0 Å². The number of rotatable bonds is 13. The molecule has 0 spiro atoms. The van der Waals surface area contributed by atoms with Crippen molar-refractivity contribution in [3.05, 3.63) is 54.4 Å². The van der Waals surface area contributed by atoms with E-state index in [0.717, 1.165) is 41.2 Å². The lowest BCUT2D eigenvalue weighted by molar-refractivity contribution is -0.141. The Balaban J connectivity index is 1.23. The van der Waals surface area contributed by atoms with Gasteiger partial charge in [-0.2, -0.15) is 23.5 Å². The SMILES string of the molecule is C[C@H](O)CNCc1cc(OC2CCN([C@@H](CCCC#N)Cn3cc(-c4ncnc5[nH]ccc45)cn3)CC2)nc(C(F)(F)F)c1. The molecule has 0 unspecified atom stereocenters. The summed E-state index contributed by atoms with van der Waals surface area (Å²) in [7, 11) is 0. The summed E-state index contributed by atoms with van der Waals surface area (Å²) >= 11 is 0. The second kappa shape index (κ2) is 14.1. The summed E-state index contributed by atoms with van der Waals surface area (Å²) < 4.78 is 48.6. The first kappa shape index (κ1) is 31.4. The van der Waals surface area contributed by atoms with Crippen LogP contribution in [0.25, 0.3) is 22.3 Å². The minimum absolute atomic E-state index is 0.0528. The molecular formula is C30H36F3N9O2. The van der Waals surface area contributed by atoms with Crippen LogP contribution < -0.4 is 10.1 Å². The summed E-state index contributed by atoms with van der Waals surface area (Å²) in [4.78, 5) is 17.9. The van der Waals surface area contributed by atoms with Gasteiger partial charge in [0.1, 0.15) is 23.8 Å². The number of unbranched alkanes of at least 4 members (excludes halogenated alkanes) is 1. The lowest BCUT2D eigenvalue weighted by atomic mass is 10.0. The highest BCUT2D eigenvalue weighted by atomic mass is 19.4. The molecule has 5 rings (SSSR count). The molecule has 2 atom stereocenters. The van der Waals surface area contributed by atoms with Crippen molar-refractivity contribution in [1.82, 2.24) is 39.9 Å². The number of H-pyrrole nitrogens is 1. The van der Waals surface area contributed by atoms with E-state index < -0.39 is 18.0 Å². The molecule has 5 heterocycles. The number of alkyl halides is 3. The second-order valence-electron chi connectivity index (χ2n) is 11.1. The molecule has 14 heteroatoms. The zero-order valence-electron chi connectivity index (χ0n) is 24.5. The lowest BCUT2D eigenvalue weighted by Crippen LogP contribution is -2.46. The van der Waals surface area contributed by atoms with Crippen LogP contribution in [0.15, 0.2) is 43.1 Å². The van der Waals surface area contributed by atoms with E-state index in [2.05, 4.69) is 41.3 Å². The lowest BCUT2D eigenvalue weighted by Gasteiger charge is -2.37. The molecule has 4 aromatic rings. The molecule has 11 nitrogen and oxygen atoms in total. The number of ether oxygens (including phenoxy) is 1. The van der Waals surface area contributed by atoms with Gasteiger partial charge >= 0.3 is 6.18 Å². The first-order valence-electron chi connectivity index (χ1n) is 14.7. The highest BCUT2D eigenvalue weighted by Crippen LogP contribution is 2.31. The summed E-state index contributed by atoms with van der Waals surface area (Å²) in [6, 6.07) is 6.80. The summed E-state index contributed by atoms with van der Waals surface area (Å²) in [6.45, 7) is 4.00. The number of piperidine rings is 1. The van der Waals surface area contributed by atoms with Crippen LogP contribution in [0.5, 0.6) is 5.88 Å². The number of hydrogen-bond donors (Lipinski definition) is 3. The first-order chi connectivity index (χ1) is 21.2. The van der Waals surface area contributed by atoms with Crippen LogP contribution in [-0.4, -0.2) is 77.6 Å². The van der Waals surface area contributed by atoms with Crippen molar-refractivity contribution in [3.8, 4) is 23.2 Å². The number of pyridine rings is 1. The number of nitriles is 1. The van der Waals surface area contributed by atoms with E-state index in [9.17, 15) is 18.3 Å². The Kier molecular flexibility index (Phi) is 10.1. The van der Waals surface area contributed by atoms with Crippen molar-refractivity contribution in [2.75, 3.05) is 19.6 Å². The third-order valence-corrected chi connectivity index (χ3v) is 7.69. The van der Waals surface area contributed by atoms with Gasteiger partial charge in [-0.1, -0.05) is 0 Å². The van der Waals surface area contributed by atoms with Gasteiger partial charge in [-0.05, 0) is 50.3 Å². The number of fused-ring (bicyclic) bond motifs is 1. The van der Waals surface area contributed by atoms with Crippen LogP contribution in [0.3, 0.4) is 0 Å². The van der Waals surface area contributed by atoms with Gasteiger partial charge in [0.25, 0.3) is 0 Å². The molecular weight excluding hydrogens is 575 g/mol. The summed E-state index contributed by atoms with van der Waals surface area (Å²) in [5, 5.41) is 27.0. The molecule has 0 saturated carbocycles. The molecule has 1 saturated heterocycles. The van der Waals surface area contributed by atoms with Crippen molar-refractivity contribution < 1.29 is 23.0 Å². The fourth-order valence-electron chi connectivity index (χ4n) is 5.53. The van der Waals surface area contributed by atoms with Crippen LogP contribution in [0.2, 0.25) is 0 Å². The molecule has 0 aromatic carbocycles. The number of likely N-dealkylation sites (tertiary alicyclic amines) is 1. The average Bonchev–Trinajstić information content (AvgIpc) is 3.66. The maximum Gasteiger partial charge on any atom is 0.433 e. The maximum absolute atomic E-state index is 13.6. The van der Waals surface area contributed by atoms with Crippen LogP contribution in [0.4, 0.5) is 13.2 Å². The normalized spacial score (nSPS) is 16.2. The monoisotopic (exact) mass is 611 g/mol. The Morgan fingerprint density at radius 2 is 2.07 bits per heavy atom. The van der Waals surface area contributed by atoms with Crippen LogP contribution in [0.1, 0.15) is 50.3 Å². The topological polar surface area (TPSA) is 141 Å². The summed E-state index contributed by atoms with van der Waals surface area (Å²) in [6.07, 6.45) is 4.87. The minimum atomic E-state index is -4.61. The molecule has 1 aliphatic rings. The van der Waals surface area contributed by atoms with Gasteiger partial charge in [-0.3, -0.25) is 9.58 Å². The molecule has 3 N–H and O–H groups in total. The van der Waals surface area contributed by atoms with Gasteiger partial charge in [0.05, 0.1) is 30.6 Å². The van der Waals surface area contributed by atoms with E-state index in [1.807, 2.05) is 23.1 Å². The number of nitrogens with zero attached hydrogens (tertiary/aromatic N) is 7. The third-order valence-electron chi connectivity index (χ3n) is 7.69. The van der Waals surface area contributed by atoms with Crippen molar-refractivity contribution in [3.63, 3.8) is 0 Å². The number of aliphatic hydroxyl groups is 1. The van der Waals surface area contributed by atoms with Gasteiger partial charge in [0.15, 0.2) is 0 Å². The molecule has 4 aromatic heterocycles. The van der Waals surface area contributed by atoms with Crippen LogP contribution in [-0.2, 0) is 19.3 Å². The maximum atomic E-state index is 13.6. The highest BCUT2D eigenvalue weighted by molar-refractivity contribution is 5.89. The number of nitrogens with one attached hydrogen (secondary N) is 2. The largest absolute Gasteiger partial charge is 0.474 e. The van der Waals surface area contributed by atoms with E-state index in [-0.39, 0.29) is 31.1 Å². The van der Waals surface area contributed by atoms with Gasteiger partial charge in [-0.15, -0.1) is 0 Å². The molecule has 234 valence electrons. The third kappa shape index (κ3) is 8.10. The zero-order chi connectivity index (χ0) is 31.1. The highest BCUT2D eigenvalue weighted by Gasteiger charge is 2.34. The number of aliphatic hydroxyl groups excluding tert-OH is 1. The molecule has 1 aliphatic heterocycles. The standard InChI is InChI=1S/C30H36F3N9O2/c1-20(43)14-35-15-21-12-26(30(31,32)33)40-27(13-21)44-24-6-10-41(11-7-24)23(4-2-3-8-34)18-42-17-22(16-39-42)28-25-5-9-36-29(25)38-19-37-28/h5,9,12-13,16-17,19-20,23-24,35,43H,2-4,6-7,10-11,14-15,18H2,1H3,(H,36,37,38)/t20-,23-/m0/s1. The number of halogens is 3. The van der Waals surface area contributed by atoms with Crippen LogP contribution >= 0.6 is 0 Å². The Labute approximate surface area is 253 Å². The van der Waals surface area contributed by atoms with E-state index in [4.69, 9.17) is 10.00 Å². The Hall–Kier alpha value is -4.06. The first-order valence-corrected chi connectivity index (χ1v) is 14.7. The number of aromatic nitrogens is 6. The molecule has 0 bridgehead atoms. The van der Waals surface area contributed by atoms with Gasteiger partial charge in [0.2, 0.25) is 5.88 Å².